The molecule has 2 aromatic carbocycles. The fourth-order valence-corrected chi connectivity index (χ4v) is 4.51. The molecule has 1 saturated heterocycles. The highest BCUT2D eigenvalue weighted by atomic mass is 16.5. The van der Waals surface area contributed by atoms with Gasteiger partial charge in [0.2, 0.25) is 5.91 Å². The summed E-state index contributed by atoms with van der Waals surface area (Å²) in [5, 5.41) is 16.6. The van der Waals surface area contributed by atoms with E-state index >= 15 is 0 Å². The Balaban J connectivity index is 1.24. The summed E-state index contributed by atoms with van der Waals surface area (Å²) in [7, 11) is 1.65. The first-order valence-corrected chi connectivity index (χ1v) is 12.0. The highest BCUT2D eigenvalue weighted by Gasteiger charge is 2.27. The number of hydrogen-bond donors (Lipinski definition) is 1. The molecule has 1 aliphatic heterocycles. The van der Waals surface area contributed by atoms with Crippen LogP contribution >= 0.6 is 0 Å². The van der Waals surface area contributed by atoms with Crippen LogP contribution in [0.3, 0.4) is 0 Å². The second-order valence-electron chi connectivity index (χ2n) is 9.12. The first-order chi connectivity index (χ1) is 17.0. The first kappa shape index (κ1) is 22.8. The second-order valence-corrected chi connectivity index (χ2v) is 9.12. The van der Waals surface area contributed by atoms with E-state index in [4.69, 9.17) is 9.84 Å². The van der Waals surface area contributed by atoms with E-state index in [0.717, 1.165) is 48.6 Å². The molecule has 0 spiro atoms. The summed E-state index contributed by atoms with van der Waals surface area (Å²) in [5.41, 5.74) is 3.95. The molecule has 3 heterocycles. The van der Waals surface area contributed by atoms with Gasteiger partial charge in [0, 0.05) is 24.6 Å². The van der Waals surface area contributed by atoms with Crippen molar-refractivity contribution in [2.75, 3.05) is 25.1 Å². The number of aromatic nitrogens is 4. The number of nitrogens with zero attached hydrogens (tertiary/aromatic N) is 5. The topological polar surface area (TPSA) is 84.7 Å². The van der Waals surface area contributed by atoms with Gasteiger partial charge in [0.15, 0.2) is 11.5 Å². The van der Waals surface area contributed by atoms with Crippen molar-refractivity contribution in [1.82, 2.24) is 25.1 Å². The van der Waals surface area contributed by atoms with Crippen molar-refractivity contribution in [2.45, 2.75) is 32.7 Å². The van der Waals surface area contributed by atoms with Crippen LogP contribution < -0.4 is 15.0 Å². The number of benzene rings is 2. The minimum atomic E-state index is -0.00433. The fourth-order valence-electron chi connectivity index (χ4n) is 4.51. The molecule has 1 aliphatic rings. The van der Waals surface area contributed by atoms with Gasteiger partial charge in [-0.25, -0.2) is 0 Å². The van der Waals surface area contributed by atoms with Crippen LogP contribution in [0.1, 0.15) is 36.9 Å². The Morgan fingerprint density at radius 2 is 1.71 bits per heavy atom. The maximum atomic E-state index is 12.9. The third-order valence-electron chi connectivity index (χ3n) is 6.72. The number of ether oxygens (including phenoxy) is 1. The summed E-state index contributed by atoms with van der Waals surface area (Å²) in [5.74, 6) is 2.47. The lowest BCUT2D eigenvalue weighted by Gasteiger charge is -2.32. The lowest BCUT2D eigenvalue weighted by molar-refractivity contribution is -0.126. The number of anilines is 1. The number of carbonyl (C=O) groups is 1. The van der Waals surface area contributed by atoms with Crippen LogP contribution in [0.15, 0.2) is 60.7 Å². The molecule has 1 N–H and O–H groups in total. The number of methoxy groups -OCH3 is 1. The third-order valence-corrected chi connectivity index (χ3v) is 6.72. The van der Waals surface area contributed by atoms with Crippen LogP contribution in [-0.4, -0.2) is 45.9 Å². The van der Waals surface area contributed by atoms with E-state index in [0.29, 0.717) is 11.5 Å². The lowest BCUT2D eigenvalue weighted by atomic mass is 9.95. The number of rotatable bonds is 6. The van der Waals surface area contributed by atoms with Crippen molar-refractivity contribution in [3.63, 3.8) is 0 Å². The number of carbonyl (C=O) groups excluding carboxylic acids is 1. The molecule has 4 aromatic rings. The van der Waals surface area contributed by atoms with Gasteiger partial charge in [-0.15, -0.1) is 15.3 Å². The summed E-state index contributed by atoms with van der Waals surface area (Å²) in [6, 6.07) is 19.9. The fraction of sp³-hybridized carbons (Fsp3) is 0.333. The number of piperidine rings is 1. The average molecular weight is 471 g/mol. The Bertz CT molecular complexity index is 1310. The Labute approximate surface area is 204 Å². The smallest absolute Gasteiger partial charge is 0.223 e. The zero-order valence-corrected chi connectivity index (χ0v) is 20.3. The largest absolute Gasteiger partial charge is 0.497 e. The Hall–Kier alpha value is -3.94. The molecule has 0 bridgehead atoms. The number of nitrogens with one attached hydrogen (secondary N) is 1. The monoisotopic (exact) mass is 470 g/mol. The molecule has 0 saturated carbocycles. The van der Waals surface area contributed by atoms with Crippen LogP contribution in [0.5, 0.6) is 5.75 Å². The zero-order valence-electron chi connectivity index (χ0n) is 20.3. The van der Waals surface area contributed by atoms with E-state index in [-0.39, 0.29) is 17.9 Å². The van der Waals surface area contributed by atoms with Gasteiger partial charge in [0.05, 0.1) is 13.2 Å². The van der Waals surface area contributed by atoms with E-state index in [2.05, 4.69) is 51.6 Å². The van der Waals surface area contributed by atoms with E-state index in [1.165, 1.54) is 5.56 Å². The van der Waals surface area contributed by atoms with Gasteiger partial charge in [-0.1, -0.05) is 29.8 Å². The van der Waals surface area contributed by atoms with Crippen LogP contribution in [-0.2, 0) is 4.79 Å². The number of fused-ring (bicyclic) bond motifs is 1. The molecule has 5 rings (SSSR count). The van der Waals surface area contributed by atoms with Gasteiger partial charge < -0.3 is 15.0 Å². The Kier molecular flexibility index (Phi) is 6.35. The summed E-state index contributed by atoms with van der Waals surface area (Å²) < 4.78 is 7.03. The van der Waals surface area contributed by atoms with E-state index in [1.807, 2.05) is 43.3 Å². The summed E-state index contributed by atoms with van der Waals surface area (Å²) in [6.45, 7) is 5.65. The summed E-state index contributed by atoms with van der Waals surface area (Å²) >= 11 is 0. The van der Waals surface area contributed by atoms with Crippen molar-refractivity contribution in [2.24, 2.45) is 5.92 Å². The van der Waals surface area contributed by atoms with Crippen LogP contribution in [0.25, 0.3) is 17.0 Å². The molecule has 0 radical (unpaired) electrons. The van der Waals surface area contributed by atoms with Crippen LogP contribution in [0, 0.1) is 12.8 Å². The van der Waals surface area contributed by atoms with Crippen molar-refractivity contribution in [3.05, 3.63) is 71.8 Å². The van der Waals surface area contributed by atoms with E-state index in [1.54, 1.807) is 11.6 Å². The molecule has 1 fully saturated rings. The SMILES string of the molecule is COc1ccc(-c2nnc3ccc(N4CCC(C(=O)NC(C)c5ccc(C)cc5)CC4)nn23)cc1. The molecular weight excluding hydrogens is 440 g/mol. The maximum absolute atomic E-state index is 12.9. The molecule has 1 atom stereocenters. The van der Waals surface area contributed by atoms with Gasteiger partial charge in [-0.05, 0) is 68.7 Å². The molecule has 0 aliphatic carbocycles. The summed E-state index contributed by atoms with van der Waals surface area (Å²) in [6.07, 6.45) is 1.58. The number of hydrogen-bond acceptors (Lipinski definition) is 6. The van der Waals surface area contributed by atoms with Gasteiger partial charge in [-0.2, -0.15) is 4.52 Å². The van der Waals surface area contributed by atoms with E-state index in [9.17, 15) is 4.79 Å². The van der Waals surface area contributed by atoms with Gasteiger partial charge in [0.25, 0.3) is 0 Å². The molecule has 2 aromatic heterocycles. The average Bonchev–Trinajstić information content (AvgIpc) is 3.32. The standard InChI is InChI=1S/C27H30N6O2/c1-18-4-6-20(7-5-18)19(2)28-27(34)22-14-16-32(17-15-22)25-13-12-24-29-30-26(33(24)31-25)21-8-10-23(35-3)11-9-21/h4-13,19,22H,14-17H2,1-3H3,(H,28,34). The van der Waals surface area contributed by atoms with Gasteiger partial charge in [-0.3, -0.25) is 4.79 Å². The molecule has 8 nitrogen and oxygen atoms in total. The van der Waals surface area contributed by atoms with Gasteiger partial charge >= 0.3 is 0 Å². The Morgan fingerprint density at radius 3 is 2.40 bits per heavy atom. The molecule has 1 amide bonds. The molecule has 180 valence electrons. The molecule has 35 heavy (non-hydrogen) atoms. The predicted molar refractivity (Wildman–Crippen MR) is 135 cm³/mol. The predicted octanol–water partition coefficient (Wildman–Crippen LogP) is 4.20. The van der Waals surface area contributed by atoms with Gasteiger partial charge in [0.1, 0.15) is 11.6 Å². The van der Waals surface area contributed by atoms with Crippen molar-refractivity contribution in [1.29, 1.82) is 0 Å². The van der Waals surface area contributed by atoms with Crippen LogP contribution in [0.4, 0.5) is 5.82 Å². The molecular formula is C27H30N6O2. The second kappa shape index (κ2) is 9.74. The zero-order chi connectivity index (χ0) is 24.4. The maximum Gasteiger partial charge on any atom is 0.223 e. The number of aryl methyl sites for hydroxylation is 1. The highest BCUT2D eigenvalue weighted by molar-refractivity contribution is 5.79. The normalized spacial score (nSPS) is 15.2. The Morgan fingerprint density at radius 1 is 1.00 bits per heavy atom. The van der Waals surface area contributed by atoms with Crippen molar-refractivity contribution in [3.8, 4) is 17.1 Å². The minimum absolute atomic E-state index is 0.00433. The van der Waals surface area contributed by atoms with E-state index < -0.39 is 0 Å². The lowest BCUT2D eigenvalue weighted by Crippen LogP contribution is -2.41. The molecule has 1 unspecified atom stereocenters. The first-order valence-electron chi connectivity index (χ1n) is 12.0. The number of amides is 1. The summed E-state index contributed by atoms with van der Waals surface area (Å²) in [4.78, 5) is 15.1. The van der Waals surface area contributed by atoms with Crippen molar-refractivity contribution < 1.29 is 9.53 Å². The highest BCUT2D eigenvalue weighted by Crippen LogP contribution is 2.25. The van der Waals surface area contributed by atoms with Crippen LogP contribution in [0.2, 0.25) is 0 Å². The molecule has 8 heteroatoms. The third kappa shape index (κ3) is 4.82. The van der Waals surface area contributed by atoms with Crippen molar-refractivity contribution >= 4 is 17.4 Å². The quantitative estimate of drug-likeness (QED) is 0.455. The minimum Gasteiger partial charge on any atom is -0.497 e.